The number of carbonyl (C=O) groups is 5. The highest BCUT2D eigenvalue weighted by molar-refractivity contribution is 7.59. The Morgan fingerprint density at radius 1 is 0.944 bits per heavy atom. The Kier molecular flexibility index (Phi) is 22.8. The van der Waals surface area contributed by atoms with Crippen LogP contribution in [0.5, 0.6) is 5.75 Å². The third-order valence-electron chi connectivity index (χ3n) is 13.7. The minimum Gasteiger partial charge on any atom is -0.508 e. The summed E-state index contributed by atoms with van der Waals surface area (Å²) in [6.07, 6.45) is 6.27. The van der Waals surface area contributed by atoms with E-state index in [-0.39, 0.29) is 104 Å². The number of nitrogens with one attached hydrogen (secondary N) is 2. The number of ether oxygens (including phenoxy) is 1. The number of rotatable bonds is 11. The van der Waals surface area contributed by atoms with Crippen LogP contribution in [0.15, 0.2) is 72.8 Å². The molecule has 1 aromatic heterocycles. The lowest BCUT2D eigenvalue weighted by Crippen LogP contribution is -2.62. The predicted octanol–water partition coefficient (Wildman–Crippen LogP) is 6.81. The number of carbonyl (C=O) groups excluding carboxylic acids is 5. The zero-order valence-corrected chi connectivity index (χ0v) is 47.4. The molecule has 3 aromatic carbocycles. The molecule has 0 unspecified atom stereocenters. The van der Waals surface area contributed by atoms with Gasteiger partial charge in [-0.2, -0.15) is 54.0 Å². The lowest BCUT2D eigenvalue weighted by atomic mass is 9.83. The number of hydrogen-bond acceptors (Lipinski definition) is 9. The summed E-state index contributed by atoms with van der Waals surface area (Å²) in [5.41, 5.74) is 10.6. The summed E-state index contributed by atoms with van der Waals surface area (Å²) in [5, 5.41) is 16.8. The first-order valence-electron chi connectivity index (χ1n) is 24.4. The van der Waals surface area contributed by atoms with Crippen molar-refractivity contribution in [3.05, 3.63) is 89.5 Å². The fourth-order valence-electron chi connectivity index (χ4n) is 10.3. The molecule has 0 spiro atoms. The maximum Gasteiger partial charge on any atom is 0.324 e. The van der Waals surface area contributed by atoms with Crippen LogP contribution in [0.4, 0.5) is 0 Å². The molecule has 3 aliphatic rings. The van der Waals surface area contributed by atoms with E-state index in [9.17, 15) is 29.1 Å². The van der Waals surface area contributed by atoms with Crippen molar-refractivity contribution in [2.75, 3.05) is 53.9 Å². The van der Waals surface area contributed by atoms with Crippen LogP contribution in [-0.2, 0) is 54.5 Å². The summed E-state index contributed by atoms with van der Waals surface area (Å²) in [6, 6.07) is 17.3. The number of fused-ring (bicyclic) bond motifs is 6. The fraction of sp³-hybridized carbons (Fsp3) is 0.500. The van der Waals surface area contributed by atoms with E-state index in [4.69, 9.17) is 4.74 Å². The summed E-state index contributed by atoms with van der Waals surface area (Å²) in [6.45, 7) is 14.7. The van der Waals surface area contributed by atoms with E-state index in [1.165, 1.54) is 27.1 Å². The first-order valence-corrected chi connectivity index (χ1v) is 24.4. The van der Waals surface area contributed by atoms with Crippen molar-refractivity contribution < 1.29 is 33.8 Å². The summed E-state index contributed by atoms with van der Waals surface area (Å²) in [5.74, 6) is -2.65. The number of nitrogens with zero attached hydrogens (tertiary/aromatic N) is 5. The number of phenols is 1. The Bertz CT molecular complexity index is 2580. The first kappa shape index (κ1) is 61.7. The number of aromatic hydroxyl groups is 1. The van der Waals surface area contributed by atoms with Gasteiger partial charge in [0.25, 0.3) is 5.91 Å². The topological polar surface area (TPSA) is 157 Å². The summed E-state index contributed by atoms with van der Waals surface area (Å²) in [7, 11) is 5.44. The summed E-state index contributed by atoms with van der Waals surface area (Å²) in [4.78, 5) is 75.4. The molecule has 4 amide bonds. The molecule has 0 radical (unpaired) electrons. The van der Waals surface area contributed by atoms with Crippen molar-refractivity contribution in [2.24, 2.45) is 17.3 Å². The molecule has 2 saturated heterocycles. The van der Waals surface area contributed by atoms with Crippen LogP contribution in [-0.4, -0.2) is 131 Å². The van der Waals surface area contributed by atoms with E-state index >= 15 is 0 Å². The van der Waals surface area contributed by atoms with Gasteiger partial charge in [0.15, 0.2) is 0 Å². The van der Waals surface area contributed by atoms with E-state index in [0.29, 0.717) is 44.3 Å². The van der Waals surface area contributed by atoms with Gasteiger partial charge < -0.3 is 34.4 Å². The van der Waals surface area contributed by atoms with E-state index in [1.807, 2.05) is 38.9 Å². The minimum atomic E-state index is -1.15. The van der Waals surface area contributed by atoms with Crippen LogP contribution in [0, 0.1) is 17.3 Å². The molecule has 72 heavy (non-hydrogen) atoms. The Morgan fingerprint density at radius 2 is 1.67 bits per heavy atom. The third kappa shape index (κ3) is 14.0. The molecule has 14 nitrogen and oxygen atoms in total. The molecule has 4 aromatic rings. The second kappa shape index (κ2) is 26.6. The third-order valence-corrected chi connectivity index (χ3v) is 13.7. The molecule has 7 rings (SSSR count). The standard InChI is InChI=1S/C54H71N7O7.4H2S/c1-10-36-16-12-13-17-41(36)49-43-31-54(5,6)33-68-53(67)44-18-14-24-61(56-44)52(66)45(28-35-26-39(29-40(62)27-35)37-20-21-46(42(43)30-37)60(49)11-2)55-50(64)48(34(3)4)58(9)51(65)38-22-25-59(32-38)47(63)19-15-23-57(7)8;;;;/h12-13,15-17,19-21,26-27,29-30,34,38,44-45,48,56,62H,10-11,14,18,22-25,28,31-33H2,1-9H3,(H,55,64);4*1H2/b19-15+;;;;/t38-,44-,45-,48-;;;;/m0..../s1. The van der Waals surface area contributed by atoms with E-state index in [1.54, 1.807) is 30.2 Å². The van der Waals surface area contributed by atoms with E-state index in [2.05, 4.69) is 85.5 Å². The molecule has 18 heteroatoms. The number of aryl methyl sites for hydroxylation is 2. The van der Waals surface area contributed by atoms with Gasteiger partial charge in [-0.3, -0.25) is 29.0 Å². The van der Waals surface area contributed by atoms with Gasteiger partial charge in [0.2, 0.25) is 17.7 Å². The molecule has 4 atom stereocenters. The Morgan fingerprint density at radius 3 is 2.35 bits per heavy atom. The molecule has 3 N–H and O–H groups in total. The van der Waals surface area contributed by atoms with Gasteiger partial charge in [-0.15, -0.1) is 0 Å². The molecule has 6 bridgehead atoms. The Hall–Kier alpha value is -4.59. The number of likely N-dealkylation sites (N-methyl/N-ethyl adjacent to an activating group) is 2. The molecule has 2 fully saturated rings. The van der Waals surface area contributed by atoms with Crippen LogP contribution in [0.2, 0.25) is 0 Å². The van der Waals surface area contributed by atoms with Crippen LogP contribution in [0.1, 0.15) is 77.5 Å². The SMILES string of the molecule is CCc1ccccc1-c1c2c3cc(ccc3n1CC)-c1cc(O)cc(c1)C[C@H](NC(=O)[C@H](C(C)C)N(C)C(=O)[C@H]1CCN(C(=O)/C=C/CN(C)C)C1)C(=O)N1CCC[C@H](N1)C(=O)OCC(C)(C)C2.S.S.S.S. The molecular formula is C54H79N7O7S4. The van der Waals surface area contributed by atoms with Gasteiger partial charge in [-0.25, -0.2) is 5.43 Å². The van der Waals surface area contributed by atoms with E-state index < -0.39 is 47.2 Å². The number of amides is 4. The summed E-state index contributed by atoms with van der Waals surface area (Å²) < 4.78 is 8.49. The molecule has 0 saturated carbocycles. The maximum atomic E-state index is 14.8. The fourth-order valence-corrected chi connectivity index (χ4v) is 10.3. The number of aromatic nitrogens is 1. The maximum absolute atomic E-state index is 14.8. The zero-order valence-electron chi connectivity index (χ0n) is 43.4. The number of esters is 1. The minimum absolute atomic E-state index is 0. The molecule has 0 aliphatic carbocycles. The van der Waals surface area contributed by atoms with Gasteiger partial charge in [0.1, 0.15) is 23.9 Å². The largest absolute Gasteiger partial charge is 0.508 e. The highest BCUT2D eigenvalue weighted by Gasteiger charge is 2.40. The van der Waals surface area contributed by atoms with Crippen LogP contribution >= 0.6 is 54.0 Å². The van der Waals surface area contributed by atoms with Gasteiger partial charge >= 0.3 is 5.97 Å². The van der Waals surface area contributed by atoms with Gasteiger partial charge in [-0.1, -0.05) is 77.1 Å². The van der Waals surface area contributed by atoms with Gasteiger partial charge in [0.05, 0.1) is 18.2 Å². The van der Waals surface area contributed by atoms with Crippen molar-refractivity contribution in [1.29, 1.82) is 0 Å². The second-order valence-electron chi connectivity index (χ2n) is 20.3. The zero-order chi connectivity index (χ0) is 49.0. The van der Waals surface area contributed by atoms with Crippen molar-refractivity contribution >= 4 is 94.5 Å². The van der Waals surface area contributed by atoms with Crippen LogP contribution in [0.3, 0.4) is 0 Å². The molecule has 396 valence electrons. The Balaban J connectivity index is 0.00000342. The molecule has 3 aliphatic heterocycles. The van der Waals surface area contributed by atoms with Gasteiger partial charge in [-0.05, 0) is 111 Å². The number of cyclic esters (lactones) is 1. The lowest BCUT2D eigenvalue weighted by Gasteiger charge is -2.37. The van der Waals surface area contributed by atoms with Crippen molar-refractivity contribution in [3.63, 3.8) is 0 Å². The highest BCUT2D eigenvalue weighted by atomic mass is 32.1. The number of hydrazine groups is 1. The van der Waals surface area contributed by atoms with Crippen molar-refractivity contribution in [2.45, 2.75) is 105 Å². The number of hydrogen-bond donors (Lipinski definition) is 3. The monoisotopic (exact) mass is 1070 g/mol. The normalized spacial score (nSPS) is 19.3. The number of benzene rings is 3. The van der Waals surface area contributed by atoms with Crippen molar-refractivity contribution in [1.82, 2.24) is 35.0 Å². The average Bonchev–Trinajstić information content (AvgIpc) is 3.92. The predicted molar refractivity (Wildman–Crippen MR) is 307 cm³/mol. The first-order chi connectivity index (χ1) is 32.4. The van der Waals surface area contributed by atoms with Crippen molar-refractivity contribution in [3.8, 4) is 28.1 Å². The average molecular weight is 1070 g/mol. The Labute approximate surface area is 454 Å². The molecular weight excluding hydrogens is 987 g/mol. The quantitative estimate of drug-likeness (QED) is 0.109. The van der Waals surface area contributed by atoms with Crippen LogP contribution < -0.4 is 10.7 Å². The number of phenolic OH excluding ortho intramolecular Hbond substituents is 1. The van der Waals surface area contributed by atoms with Crippen LogP contribution in [0.25, 0.3) is 33.3 Å². The second-order valence-corrected chi connectivity index (χ2v) is 20.3. The summed E-state index contributed by atoms with van der Waals surface area (Å²) >= 11 is 0. The van der Waals surface area contributed by atoms with E-state index in [0.717, 1.165) is 46.3 Å². The lowest BCUT2D eigenvalue weighted by molar-refractivity contribution is -0.155. The number of likely N-dealkylation sites (tertiary alicyclic amines) is 1. The smallest absolute Gasteiger partial charge is 0.324 e. The highest BCUT2D eigenvalue weighted by Crippen LogP contribution is 2.41. The molecule has 4 heterocycles. The van der Waals surface area contributed by atoms with Gasteiger partial charge in [0, 0.05) is 74.1 Å².